The zero-order chi connectivity index (χ0) is 13.0. The lowest BCUT2D eigenvalue weighted by Gasteiger charge is -2.13. The van der Waals surface area contributed by atoms with Gasteiger partial charge in [0.25, 0.3) is 0 Å². The summed E-state index contributed by atoms with van der Waals surface area (Å²) < 4.78 is 0.519. The molecule has 1 aromatic rings. The Morgan fingerprint density at radius 2 is 2.29 bits per heavy atom. The minimum Gasteiger partial charge on any atom is -0.502 e. The molecule has 0 aliphatic heterocycles. The van der Waals surface area contributed by atoms with E-state index in [9.17, 15) is 15.2 Å². The highest BCUT2D eigenvalue weighted by Gasteiger charge is 2.21. The van der Waals surface area contributed by atoms with Gasteiger partial charge in [-0.2, -0.15) is 0 Å². The Hall–Kier alpha value is -1.40. The van der Waals surface area contributed by atoms with Gasteiger partial charge in [-0.15, -0.1) is 6.58 Å². The molecule has 0 aromatic heterocycles. The molecule has 0 fully saturated rings. The predicted molar refractivity (Wildman–Crippen MR) is 68.8 cm³/mol. The molecule has 0 radical (unpaired) electrons. The number of benzene rings is 1. The van der Waals surface area contributed by atoms with E-state index in [4.69, 9.17) is 5.73 Å². The van der Waals surface area contributed by atoms with Crippen molar-refractivity contribution in [3.63, 3.8) is 0 Å². The van der Waals surface area contributed by atoms with Gasteiger partial charge in [0.15, 0.2) is 5.75 Å². The molecule has 3 N–H and O–H groups in total. The number of phenols is 1. The van der Waals surface area contributed by atoms with E-state index in [0.717, 1.165) is 0 Å². The molecule has 0 heterocycles. The highest BCUT2D eigenvalue weighted by Crippen LogP contribution is 2.37. The van der Waals surface area contributed by atoms with Crippen molar-refractivity contribution in [1.82, 2.24) is 0 Å². The van der Waals surface area contributed by atoms with Crippen LogP contribution in [0.15, 0.2) is 29.3 Å². The fourth-order valence-corrected chi connectivity index (χ4v) is 1.94. The standard InChI is InChI=1S/C11H13BrN2O3/c1-2-3-4-9(13)8-5-7(12)6-10(11(8)15)14(16)17/h2,5-6,9,15H,1,3-4,13H2/t9-/m0/s1. The number of hydrogen-bond donors (Lipinski definition) is 2. The fourth-order valence-electron chi connectivity index (χ4n) is 1.48. The minimum atomic E-state index is -0.635. The first kappa shape index (κ1) is 13.7. The van der Waals surface area contributed by atoms with E-state index in [2.05, 4.69) is 22.5 Å². The van der Waals surface area contributed by atoms with Gasteiger partial charge in [0.05, 0.1) is 4.92 Å². The van der Waals surface area contributed by atoms with Gasteiger partial charge in [0, 0.05) is 22.1 Å². The van der Waals surface area contributed by atoms with E-state index in [1.54, 1.807) is 12.1 Å². The second-order valence-corrected chi connectivity index (χ2v) is 4.51. The van der Waals surface area contributed by atoms with Crippen molar-refractivity contribution in [2.75, 3.05) is 0 Å². The van der Waals surface area contributed by atoms with Crippen LogP contribution in [0.3, 0.4) is 0 Å². The molecule has 17 heavy (non-hydrogen) atoms. The molecule has 1 aromatic carbocycles. The number of nitrogens with zero attached hydrogens (tertiary/aromatic N) is 1. The summed E-state index contributed by atoms with van der Waals surface area (Å²) in [6.07, 6.45) is 2.97. The Balaban J connectivity index is 3.14. The highest BCUT2D eigenvalue weighted by molar-refractivity contribution is 9.10. The predicted octanol–water partition coefficient (Wildman–Crippen LogP) is 3.03. The third-order valence-corrected chi connectivity index (χ3v) is 2.82. The molecule has 0 amide bonds. The van der Waals surface area contributed by atoms with Crippen LogP contribution in [0.5, 0.6) is 5.75 Å². The van der Waals surface area contributed by atoms with Crippen LogP contribution in [0, 0.1) is 10.1 Å². The Kier molecular flexibility index (Phi) is 4.65. The molecule has 0 saturated carbocycles. The number of nitro benzene ring substituents is 1. The van der Waals surface area contributed by atoms with Crippen molar-refractivity contribution >= 4 is 21.6 Å². The summed E-state index contributed by atoms with van der Waals surface area (Å²) in [4.78, 5) is 10.1. The van der Waals surface area contributed by atoms with Crippen LogP contribution in [-0.2, 0) is 0 Å². The van der Waals surface area contributed by atoms with E-state index >= 15 is 0 Å². The second kappa shape index (κ2) is 5.79. The van der Waals surface area contributed by atoms with Crippen molar-refractivity contribution in [2.45, 2.75) is 18.9 Å². The molecular formula is C11H13BrN2O3. The summed E-state index contributed by atoms with van der Waals surface area (Å²) in [5.41, 5.74) is 5.89. The summed E-state index contributed by atoms with van der Waals surface area (Å²) in [5, 5.41) is 20.5. The zero-order valence-corrected chi connectivity index (χ0v) is 10.7. The lowest BCUT2D eigenvalue weighted by atomic mass is 10.0. The molecule has 5 nitrogen and oxygen atoms in total. The monoisotopic (exact) mass is 300 g/mol. The summed E-state index contributed by atoms with van der Waals surface area (Å²) in [6.45, 7) is 3.58. The maximum atomic E-state index is 10.7. The van der Waals surface area contributed by atoms with Crippen molar-refractivity contribution in [3.8, 4) is 5.75 Å². The summed E-state index contributed by atoms with van der Waals surface area (Å²) >= 11 is 3.16. The Morgan fingerprint density at radius 1 is 1.65 bits per heavy atom. The van der Waals surface area contributed by atoms with Crippen LogP contribution in [0.4, 0.5) is 5.69 Å². The first-order valence-corrected chi connectivity index (χ1v) is 5.80. The second-order valence-electron chi connectivity index (χ2n) is 3.59. The van der Waals surface area contributed by atoms with Crippen molar-refractivity contribution in [1.29, 1.82) is 0 Å². The first-order chi connectivity index (χ1) is 7.97. The fraction of sp³-hybridized carbons (Fsp3) is 0.273. The molecule has 0 aliphatic carbocycles. The van der Waals surface area contributed by atoms with Crippen LogP contribution in [0.1, 0.15) is 24.4 Å². The Bertz CT molecular complexity index is 449. The number of hydrogen-bond acceptors (Lipinski definition) is 4. The van der Waals surface area contributed by atoms with Crippen LogP contribution in [0.25, 0.3) is 0 Å². The highest BCUT2D eigenvalue weighted by atomic mass is 79.9. The lowest BCUT2D eigenvalue weighted by molar-refractivity contribution is -0.386. The molecule has 0 spiro atoms. The maximum Gasteiger partial charge on any atom is 0.312 e. The van der Waals surface area contributed by atoms with Crippen LogP contribution in [-0.4, -0.2) is 10.0 Å². The number of nitrogens with two attached hydrogens (primary N) is 1. The number of nitro groups is 1. The van der Waals surface area contributed by atoms with E-state index in [-0.39, 0.29) is 11.4 Å². The zero-order valence-electron chi connectivity index (χ0n) is 9.10. The summed E-state index contributed by atoms with van der Waals surface area (Å²) in [6, 6.07) is 2.39. The smallest absolute Gasteiger partial charge is 0.312 e. The molecule has 0 bridgehead atoms. The van der Waals surface area contributed by atoms with Crippen LogP contribution >= 0.6 is 15.9 Å². The molecule has 0 unspecified atom stereocenters. The van der Waals surface area contributed by atoms with E-state index in [0.29, 0.717) is 22.9 Å². The number of phenolic OH excluding ortho intramolecular Hbond substituents is 1. The number of allylic oxidation sites excluding steroid dienone is 1. The largest absolute Gasteiger partial charge is 0.502 e. The van der Waals surface area contributed by atoms with Gasteiger partial charge in [-0.25, -0.2) is 0 Å². The van der Waals surface area contributed by atoms with E-state index in [1.807, 2.05) is 0 Å². The number of halogens is 1. The van der Waals surface area contributed by atoms with Gasteiger partial charge in [0.1, 0.15) is 0 Å². The SMILES string of the molecule is C=CCC[C@H](N)c1cc(Br)cc([N+](=O)[O-])c1O. The molecule has 0 aliphatic rings. The summed E-state index contributed by atoms with van der Waals surface area (Å²) in [7, 11) is 0. The van der Waals surface area contributed by atoms with Gasteiger partial charge in [-0.3, -0.25) is 10.1 Å². The van der Waals surface area contributed by atoms with E-state index < -0.39 is 11.0 Å². The van der Waals surface area contributed by atoms with Gasteiger partial charge in [-0.1, -0.05) is 22.0 Å². The molecule has 0 saturated heterocycles. The van der Waals surface area contributed by atoms with Gasteiger partial charge < -0.3 is 10.8 Å². The van der Waals surface area contributed by atoms with Gasteiger partial charge in [-0.05, 0) is 18.9 Å². The molecule has 1 rings (SSSR count). The van der Waals surface area contributed by atoms with Gasteiger partial charge >= 0.3 is 5.69 Å². The third kappa shape index (κ3) is 3.28. The lowest BCUT2D eigenvalue weighted by Crippen LogP contribution is -2.10. The molecular weight excluding hydrogens is 288 g/mol. The van der Waals surface area contributed by atoms with Crippen molar-refractivity contribution in [2.24, 2.45) is 5.73 Å². The third-order valence-electron chi connectivity index (χ3n) is 2.36. The van der Waals surface area contributed by atoms with Gasteiger partial charge in [0.2, 0.25) is 0 Å². The molecule has 6 heteroatoms. The first-order valence-electron chi connectivity index (χ1n) is 5.00. The Morgan fingerprint density at radius 3 is 2.82 bits per heavy atom. The van der Waals surface area contributed by atoms with Crippen LogP contribution in [0.2, 0.25) is 0 Å². The number of aromatic hydroxyl groups is 1. The number of rotatable bonds is 5. The van der Waals surface area contributed by atoms with Crippen LogP contribution < -0.4 is 5.73 Å². The summed E-state index contributed by atoms with van der Waals surface area (Å²) in [5.74, 6) is -0.366. The maximum absolute atomic E-state index is 10.7. The molecule has 92 valence electrons. The quantitative estimate of drug-likeness (QED) is 0.497. The normalized spacial score (nSPS) is 12.1. The average molecular weight is 301 g/mol. The Labute approximate surface area is 107 Å². The minimum absolute atomic E-state index is 0.344. The van der Waals surface area contributed by atoms with Crippen molar-refractivity contribution in [3.05, 3.63) is 44.9 Å². The molecule has 1 atom stereocenters. The average Bonchev–Trinajstić information content (AvgIpc) is 2.28. The topological polar surface area (TPSA) is 89.4 Å². The van der Waals surface area contributed by atoms with E-state index in [1.165, 1.54) is 6.07 Å². The van der Waals surface area contributed by atoms with Crippen molar-refractivity contribution < 1.29 is 10.0 Å².